The summed E-state index contributed by atoms with van der Waals surface area (Å²) in [4.78, 5) is 13.9. The number of benzene rings is 3. The number of fused-ring (bicyclic) bond motifs is 1. The fraction of sp³-hybridized carbons (Fsp3) is 0.486. The van der Waals surface area contributed by atoms with Crippen LogP contribution in [0.2, 0.25) is 0 Å². The van der Waals surface area contributed by atoms with Gasteiger partial charge in [-0.15, -0.1) is 0 Å². The molecule has 3 saturated carbocycles. The molecule has 3 aromatic rings. The fourth-order valence-electron chi connectivity index (χ4n) is 9.29. The van der Waals surface area contributed by atoms with Crippen molar-refractivity contribution in [1.82, 2.24) is 0 Å². The van der Waals surface area contributed by atoms with Gasteiger partial charge in [0.05, 0.1) is 25.4 Å². The molecule has 0 radical (unpaired) electrons. The van der Waals surface area contributed by atoms with Crippen molar-refractivity contribution in [1.29, 1.82) is 0 Å². The average Bonchev–Trinajstić information content (AvgIpc) is 3.43. The molecule has 8 rings (SSSR count). The highest BCUT2D eigenvalue weighted by Crippen LogP contribution is 2.66. The van der Waals surface area contributed by atoms with Crippen LogP contribution < -0.4 is 0 Å². The van der Waals surface area contributed by atoms with Crippen LogP contribution in [0, 0.1) is 17.3 Å². The Hall–Kier alpha value is -3.03. The Kier molecular flexibility index (Phi) is 6.94. The Balaban J connectivity index is 1.10. The van der Waals surface area contributed by atoms with Crippen LogP contribution in [0.15, 0.2) is 91.0 Å². The van der Waals surface area contributed by atoms with Crippen molar-refractivity contribution in [2.45, 2.75) is 74.6 Å². The van der Waals surface area contributed by atoms with Crippen molar-refractivity contribution in [3.63, 3.8) is 0 Å². The summed E-state index contributed by atoms with van der Waals surface area (Å²) < 4.78 is 32.3. The van der Waals surface area contributed by atoms with Gasteiger partial charge in [-0.3, -0.25) is 0 Å². The Morgan fingerprint density at radius 3 is 2.00 bits per heavy atom. The molecule has 224 valence electrons. The number of ether oxygens (including phenoxy) is 5. The van der Waals surface area contributed by atoms with Crippen molar-refractivity contribution < 1.29 is 28.5 Å². The maximum absolute atomic E-state index is 13.9. The molecular weight excluding hydrogens is 540 g/mol. The second-order valence-electron chi connectivity index (χ2n) is 13.2. The molecule has 6 nitrogen and oxygen atoms in total. The summed E-state index contributed by atoms with van der Waals surface area (Å²) in [5.74, 6) is -0.481. The first kappa shape index (κ1) is 27.5. The largest absolute Gasteiger partial charge is 0.460 e. The summed E-state index contributed by atoms with van der Waals surface area (Å²) in [6.07, 6.45) is 7.30. The first-order valence-electron chi connectivity index (χ1n) is 16.1. The highest BCUT2D eigenvalue weighted by atomic mass is 16.7. The van der Waals surface area contributed by atoms with E-state index in [1.54, 1.807) is 0 Å². The van der Waals surface area contributed by atoms with E-state index in [1.807, 2.05) is 54.6 Å². The normalized spacial score (nSPS) is 32.3. The van der Waals surface area contributed by atoms with E-state index in [2.05, 4.69) is 36.4 Å². The lowest BCUT2D eigenvalue weighted by atomic mass is 9.57. The van der Waals surface area contributed by atoms with E-state index in [-0.39, 0.29) is 48.1 Å². The van der Waals surface area contributed by atoms with Gasteiger partial charge >= 0.3 is 5.97 Å². The van der Waals surface area contributed by atoms with Gasteiger partial charge in [0.25, 0.3) is 0 Å². The maximum Gasteiger partial charge on any atom is 0.332 e. The quantitative estimate of drug-likeness (QED) is 0.183. The first-order chi connectivity index (χ1) is 21.1. The van der Waals surface area contributed by atoms with Gasteiger partial charge in [0, 0.05) is 24.7 Å². The summed E-state index contributed by atoms with van der Waals surface area (Å²) in [6.45, 7) is 1.10. The molecule has 43 heavy (non-hydrogen) atoms. The molecular formula is C37H40O6. The summed E-state index contributed by atoms with van der Waals surface area (Å²) in [6, 6.07) is 30.4. The van der Waals surface area contributed by atoms with Crippen LogP contribution >= 0.6 is 0 Å². The van der Waals surface area contributed by atoms with Crippen LogP contribution in [-0.2, 0) is 34.1 Å². The van der Waals surface area contributed by atoms with Gasteiger partial charge in [-0.05, 0) is 47.8 Å². The molecule has 5 aliphatic rings. The molecule has 0 amide bonds. The van der Waals surface area contributed by atoms with Gasteiger partial charge in [-0.2, -0.15) is 0 Å². The molecule has 2 bridgehead atoms. The lowest BCUT2D eigenvalue weighted by Gasteiger charge is -2.50. The fourth-order valence-corrected chi connectivity index (χ4v) is 9.29. The number of rotatable bonds is 7. The third kappa shape index (κ3) is 4.65. The summed E-state index contributed by atoms with van der Waals surface area (Å²) >= 11 is 0. The monoisotopic (exact) mass is 580 g/mol. The minimum atomic E-state index is -0.977. The van der Waals surface area contributed by atoms with Crippen molar-refractivity contribution in [2.75, 3.05) is 19.8 Å². The molecule has 0 aromatic heterocycles. The van der Waals surface area contributed by atoms with E-state index in [0.717, 1.165) is 55.2 Å². The number of esters is 1. The van der Waals surface area contributed by atoms with Crippen LogP contribution in [0.3, 0.4) is 0 Å². The minimum absolute atomic E-state index is 0.136. The summed E-state index contributed by atoms with van der Waals surface area (Å²) in [5, 5.41) is 0. The molecule has 6 heteroatoms. The van der Waals surface area contributed by atoms with Crippen LogP contribution in [0.4, 0.5) is 0 Å². The number of epoxide rings is 1. The molecule has 6 atom stereocenters. The molecule has 2 saturated heterocycles. The average molecular weight is 581 g/mol. The molecule has 2 aliphatic heterocycles. The number of carbonyl (C=O) groups excluding carboxylic acids is 1. The zero-order valence-corrected chi connectivity index (χ0v) is 24.6. The van der Waals surface area contributed by atoms with E-state index < -0.39 is 11.4 Å². The summed E-state index contributed by atoms with van der Waals surface area (Å²) in [7, 11) is 0. The van der Waals surface area contributed by atoms with Gasteiger partial charge in [0.1, 0.15) is 18.3 Å². The Bertz CT molecular complexity index is 1320. The smallest absolute Gasteiger partial charge is 0.332 e. The third-order valence-electron chi connectivity index (χ3n) is 11.0. The van der Waals surface area contributed by atoms with Gasteiger partial charge in [-0.25, -0.2) is 4.79 Å². The van der Waals surface area contributed by atoms with Crippen molar-refractivity contribution in [3.05, 3.63) is 108 Å². The lowest BCUT2D eigenvalue weighted by Crippen LogP contribution is -2.53. The molecule has 0 N–H and O–H groups in total. The molecule has 5 fully saturated rings. The Labute approximate surface area is 253 Å². The van der Waals surface area contributed by atoms with Gasteiger partial charge in [-0.1, -0.05) is 97.4 Å². The van der Waals surface area contributed by atoms with E-state index in [0.29, 0.717) is 13.2 Å². The molecule has 3 aromatic carbocycles. The highest BCUT2D eigenvalue weighted by molar-refractivity contribution is 5.71. The predicted octanol–water partition coefficient (Wildman–Crippen LogP) is 6.41. The van der Waals surface area contributed by atoms with Gasteiger partial charge in [0.2, 0.25) is 0 Å². The van der Waals surface area contributed by atoms with E-state index in [4.69, 9.17) is 23.7 Å². The highest BCUT2D eigenvalue weighted by Gasteiger charge is 2.68. The third-order valence-corrected chi connectivity index (χ3v) is 11.0. The van der Waals surface area contributed by atoms with Gasteiger partial charge in [0.15, 0.2) is 5.79 Å². The van der Waals surface area contributed by atoms with Crippen molar-refractivity contribution in [3.8, 4) is 0 Å². The maximum atomic E-state index is 13.9. The molecule has 1 spiro atoms. The summed E-state index contributed by atoms with van der Waals surface area (Å²) in [5.41, 5.74) is 2.04. The molecule has 2 heterocycles. The van der Waals surface area contributed by atoms with Crippen LogP contribution in [0.1, 0.15) is 61.6 Å². The number of hydrogen-bond donors (Lipinski definition) is 0. The minimum Gasteiger partial charge on any atom is -0.460 e. The molecule has 3 aliphatic carbocycles. The first-order valence-corrected chi connectivity index (χ1v) is 16.1. The van der Waals surface area contributed by atoms with Crippen LogP contribution in [0.5, 0.6) is 0 Å². The Morgan fingerprint density at radius 2 is 1.40 bits per heavy atom. The van der Waals surface area contributed by atoms with Crippen molar-refractivity contribution in [2.24, 2.45) is 17.3 Å². The van der Waals surface area contributed by atoms with E-state index in [1.165, 1.54) is 6.42 Å². The predicted molar refractivity (Wildman–Crippen MR) is 160 cm³/mol. The SMILES string of the molecule is O=C(COC(c1ccccc1)(c1ccccc1)c1ccccc1)O[C@H]1C[C@H]2O[C@H]2C[C@@]23CCC[C@@H]1[C@@H]2C1(CC3)OCCO1. The van der Waals surface area contributed by atoms with Gasteiger partial charge < -0.3 is 23.7 Å². The second-order valence-corrected chi connectivity index (χ2v) is 13.2. The van der Waals surface area contributed by atoms with Crippen LogP contribution in [-0.4, -0.2) is 49.9 Å². The number of carbonyl (C=O) groups is 1. The van der Waals surface area contributed by atoms with Crippen LogP contribution in [0.25, 0.3) is 0 Å². The van der Waals surface area contributed by atoms with Crippen molar-refractivity contribution >= 4 is 5.97 Å². The standard InChI is InChI=1S/C37H40O6/c38-33(25-41-37(26-11-4-1-5-12-26,27-13-6-2-7-14-27)28-15-8-3-9-16-28)43-30-23-31-32(42-31)24-35-18-10-17-29(30)34(35)36(20-19-35)39-21-22-40-36/h1-9,11-16,29-32,34H,10,17-25H2/t29-,30-,31+,32-,34-,35-/m0/s1. The van der Waals surface area contributed by atoms with E-state index in [9.17, 15) is 4.79 Å². The topological polar surface area (TPSA) is 66.5 Å². The number of hydrogen-bond acceptors (Lipinski definition) is 6. The zero-order valence-electron chi connectivity index (χ0n) is 24.6. The van der Waals surface area contributed by atoms with E-state index >= 15 is 0 Å². The molecule has 0 unspecified atom stereocenters. The lowest BCUT2D eigenvalue weighted by molar-refractivity contribution is -0.230. The zero-order chi connectivity index (χ0) is 28.9. The Morgan fingerprint density at radius 1 is 0.791 bits per heavy atom. The second kappa shape index (κ2) is 10.8.